The second-order valence-corrected chi connectivity index (χ2v) is 8.05. The van der Waals surface area contributed by atoms with Gasteiger partial charge in [-0.3, -0.25) is 14.8 Å². The molecule has 36 heavy (non-hydrogen) atoms. The lowest BCUT2D eigenvalue weighted by molar-refractivity contribution is -0.131. The van der Waals surface area contributed by atoms with E-state index in [9.17, 15) is 19.2 Å². The van der Waals surface area contributed by atoms with Crippen LogP contribution in [0.5, 0.6) is 0 Å². The van der Waals surface area contributed by atoms with Crippen molar-refractivity contribution in [2.75, 3.05) is 6.54 Å². The Balaban J connectivity index is 1.91. The van der Waals surface area contributed by atoms with Crippen molar-refractivity contribution in [1.29, 1.82) is 0 Å². The summed E-state index contributed by atoms with van der Waals surface area (Å²) in [4.78, 5) is 49.3. The summed E-state index contributed by atoms with van der Waals surface area (Å²) in [5, 5.41) is 16.4. The van der Waals surface area contributed by atoms with Gasteiger partial charge in [0.1, 0.15) is 25.3 Å². The van der Waals surface area contributed by atoms with Gasteiger partial charge in [0, 0.05) is 6.54 Å². The topological polar surface area (TPSA) is 155 Å². The van der Waals surface area contributed by atoms with E-state index in [0.717, 1.165) is 11.1 Å². The summed E-state index contributed by atoms with van der Waals surface area (Å²) in [6, 6.07) is 15.7. The van der Waals surface area contributed by atoms with Gasteiger partial charge >= 0.3 is 12.2 Å². The van der Waals surface area contributed by atoms with Gasteiger partial charge in [0.05, 0.1) is 0 Å². The summed E-state index contributed by atoms with van der Waals surface area (Å²) in [6.45, 7) is 3.28. The zero-order valence-corrected chi connectivity index (χ0v) is 20.2. The van der Waals surface area contributed by atoms with E-state index in [1.807, 2.05) is 31.2 Å². The third-order valence-corrected chi connectivity index (χ3v) is 5.39. The molecule has 0 aliphatic rings. The summed E-state index contributed by atoms with van der Waals surface area (Å²) in [7, 11) is 0. The summed E-state index contributed by atoms with van der Waals surface area (Å²) in [6.07, 6.45) is -1.11. The van der Waals surface area contributed by atoms with Crippen molar-refractivity contribution in [3.63, 3.8) is 0 Å². The number of amides is 4. The van der Waals surface area contributed by atoms with Gasteiger partial charge in [0.25, 0.3) is 5.91 Å². The molecule has 2 aromatic rings. The van der Waals surface area contributed by atoms with Gasteiger partial charge in [0.2, 0.25) is 5.91 Å². The highest BCUT2D eigenvalue weighted by Crippen LogP contribution is 2.09. The lowest BCUT2D eigenvalue weighted by atomic mass is 9.98. The van der Waals surface area contributed by atoms with E-state index in [1.165, 1.54) is 5.48 Å². The minimum atomic E-state index is -1.33. The van der Waals surface area contributed by atoms with Crippen LogP contribution in [0.4, 0.5) is 9.59 Å². The zero-order chi connectivity index (χ0) is 26.3. The van der Waals surface area contributed by atoms with Crippen molar-refractivity contribution < 1.29 is 33.9 Å². The number of hydrogen-bond donors (Lipinski definition) is 5. The minimum absolute atomic E-state index is 0.0302. The van der Waals surface area contributed by atoms with E-state index < -0.39 is 36.1 Å². The fraction of sp³-hybridized carbons (Fsp3) is 0.360. The lowest BCUT2D eigenvalue weighted by Gasteiger charge is -2.24. The van der Waals surface area contributed by atoms with Crippen LogP contribution in [0.25, 0.3) is 0 Å². The molecule has 0 radical (unpaired) electrons. The van der Waals surface area contributed by atoms with Crippen LogP contribution >= 0.6 is 0 Å². The number of carbonyl (C=O) groups is 4. The first kappa shape index (κ1) is 28.1. The Morgan fingerprint density at radius 3 is 1.78 bits per heavy atom. The molecule has 0 aromatic heterocycles. The first-order valence-electron chi connectivity index (χ1n) is 11.5. The number of hydrogen-bond acceptors (Lipinski definition) is 7. The number of ether oxygens (including phenoxy) is 2. The van der Waals surface area contributed by atoms with Gasteiger partial charge in [-0.2, -0.15) is 0 Å². The van der Waals surface area contributed by atoms with Crippen LogP contribution in [-0.4, -0.2) is 47.8 Å². The molecule has 2 aromatic carbocycles. The molecule has 5 N–H and O–H groups in total. The smallest absolute Gasteiger partial charge is 0.408 e. The first-order chi connectivity index (χ1) is 17.3. The molecule has 0 bridgehead atoms. The van der Waals surface area contributed by atoms with Gasteiger partial charge in [-0.1, -0.05) is 80.9 Å². The Bertz CT molecular complexity index is 988. The van der Waals surface area contributed by atoms with Crippen LogP contribution < -0.4 is 21.4 Å². The van der Waals surface area contributed by atoms with E-state index in [2.05, 4.69) is 16.0 Å². The van der Waals surface area contributed by atoms with E-state index >= 15 is 0 Å². The van der Waals surface area contributed by atoms with Crippen LogP contribution in [0.3, 0.4) is 0 Å². The number of alkyl carbamates (subject to hydrolysis) is 2. The Kier molecular flexibility index (Phi) is 11.7. The molecule has 2 rings (SSSR count). The molecule has 11 heteroatoms. The molecule has 194 valence electrons. The highest BCUT2D eigenvalue weighted by molar-refractivity contribution is 5.88. The average molecular weight is 501 g/mol. The number of hydroxylamine groups is 1. The number of carbonyl (C=O) groups excluding carboxylic acids is 4. The highest BCUT2D eigenvalue weighted by atomic mass is 16.6. The monoisotopic (exact) mass is 500 g/mol. The summed E-state index contributed by atoms with van der Waals surface area (Å²) in [5.74, 6) is -1.80. The predicted molar refractivity (Wildman–Crippen MR) is 129 cm³/mol. The second-order valence-electron chi connectivity index (χ2n) is 8.05. The third-order valence-electron chi connectivity index (χ3n) is 5.39. The standard InChI is InChI=1S/C25H32N4O7/c1-3-17(2)21(28-25(33)36-16-19-12-8-5-9-13-19)23(31)26-14-20(22(30)29-34)27-24(32)35-15-18-10-6-4-7-11-18/h4-13,17,20-21,34H,3,14-16H2,1-2H3,(H,26,31)(H,27,32)(H,28,33)(H,29,30)/t17-,20?,21-/m1/s1. The van der Waals surface area contributed by atoms with Gasteiger partial charge in [-0.25, -0.2) is 15.1 Å². The largest absolute Gasteiger partial charge is 0.445 e. The lowest BCUT2D eigenvalue weighted by Crippen LogP contribution is -2.56. The van der Waals surface area contributed by atoms with Gasteiger partial charge in [0.15, 0.2) is 0 Å². The van der Waals surface area contributed by atoms with Gasteiger partial charge in [-0.15, -0.1) is 0 Å². The first-order valence-corrected chi connectivity index (χ1v) is 11.5. The molecular formula is C25H32N4O7. The fourth-order valence-corrected chi connectivity index (χ4v) is 3.10. The molecule has 0 fully saturated rings. The molecule has 0 heterocycles. The molecule has 0 saturated carbocycles. The maximum Gasteiger partial charge on any atom is 0.408 e. The van der Waals surface area contributed by atoms with E-state index in [4.69, 9.17) is 14.7 Å². The minimum Gasteiger partial charge on any atom is -0.445 e. The summed E-state index contributed by atoms with van der Waals surface area (Å²) in [5.41, 5.74) is 2.98. The van der Waals surface area contributed by atoms with Crippen molar-refractivity contribution in [2.45, 2.75) is 45.6 Å². The van der Waals surface area contributed by atoms with Crippen molar-refractivity contribution in [3.05, 3.63) is 71.8 Å². The number of benzene rings is 2. The SMILES string of the molecule is CC[C@@H](C)[C@@H](NC(=O)OCc1ccccc1)C(=O)NCC(NC(=O)OCc1ccccc1)C(=O)NO. The number of nitrogens with one attached hydrogen (secondary N) is 4. The highest BCUT2D eigenvalue weighted by Gasteiger charge is 2.29. The Hall–Kier alpha value is -4.12. The zero-order valence-electron chi connectivity index (χ0n) is 20.2. The second kappa shape index (κ2) is 15.0. The fourth-order valence-electron chi connectivity index (χ4n) is 3.10. The van der Waals surface area contributed by atoms with E-state index in [0.29, 0.717) is 6.42 Å². The molecule has 1 unspecified atom stereocenters. The predicted octanol–water partition coefficient (Wildman–Crippen LogP) is 2.24. The molecule has 11 nitrogen and oxygen atoms in total. The van der Waals surface area contributed by atoms with Crippen molar-refractivity contribution in [2.24, 2.45) is 5.92 Å². The maximum absolute atomic E-state index is 12.8. The van der Waals surface area contributed by atoms with Gasteiger partial charge in [-0.05, 0) is 17.0 Å². The molecule has 3 atom stereocenters. The molecule has 0 spiro atoms. The Labute approximate surface area is 209 Å². The van der Waals surface area contributed by atoms with Crippen LogP contribution in [0.15, 0.2) is 60.7 Å². The molecule has 0 aliphatic carbocycles. The quantitative estimate of drug-likeness (QED) is 0.221. The van der Waals surface area contributed by atoms with Crippen LogP contribution in [0, 0.1) is 5.92 Å². The van der Waals surface area contributed by atoms with Crippen molar-refractivity contribution in [3.8, 4) is 0 Å². The van der Waals surface area contributed by atoms with E-state index in [1.54, 1.807) is 43.3 Å². The summed E-state index contributed by atoms with van der Waals surface area (Å²) >= 11 is 0. The number of rotatable bonds is 12. The summed E-state index contributed by atoms with van der Waals surface area (Å²) < 4.78 is 10.3. The van der Waals surface area contributed by atoms with Crippen molar-refractivity contribution in [1.82, 2.24) is 21.4 Å². The van der Waals surface area contributed by atoms with Gasteiger partial charge < -0.3 is 25.4 Å². The van der Waals surface area contributed by atoms with Crippen molar-refractivity contribution >= 4 is 24.0 Å². The Morgan fingerprint density at radius 2 is 1.31 bits per heavy atom. The average Bonchev–Trinajstić information content (AvgIpc) is 2.91. The molecular weight excluding hydrogens is 468 g/mol. The van der Waals surface area contributed by atoms with E-state index in [-0.39, 0.29) is 25.7 Å². The van der Waals surface area contributed by atoms with Crippen LogP contribution in [-0.2, 0) is 32.3 Å². The normalized spacial score (nSPS) is 12.9. The van der Waals surface area contributed by atoms with Crippen LogP contribution in [0.2, 0.25) is 0 Å². The Morgan fingerprint density at radius 1 is 0.806 bits per heavy atom. The molecule has 0 aliphatic heterocycles. The maximum atomic E-state index is 12.8. The molecule has 0 saturated heterocycles. The molecule has 4 amide bonds. The third kappa shape index (κ3) is 9.63. The van der Waals surface area contributed by atoms with Crippen LogP contribution in [0.1, 0.15) is 31.4 Å².